The Morgan fingerprint density at radius 2 is 2.00 bits per heavy atom. The van der Waals surface area contributed by atoms with Crippen LogP contribution in [0, 0.1) is 0 Å². The number of benzene rings is 1. The topological polar surface area (TPSA) is 116 Å². The molecule has 0 saturated carbocycles. The van der Waals surface area contributed by atoms with E-state index in [2.05, 4.69) is 20.4 Å². The summed E-state index contributed by atoms with van der Waals surface area (Å²) in [4.78, 5) is 46.1. The van der Waals surface area contributed by atoms with Gasteiger partial charge >= 0.3 is 5.97 Å². The number of fused-ring (bicyclic) bond motifs is 1. The van der Waals surface area contributed by atoms with E-state index in [1.807, 2.05) is 0 Å². The number of anilines is 1. The number of para-hydroxylation sites is 1. The monoisotopic (exact) mass is 421 g/mol. The molecule has 3 heterocycles. The summed E-state index contributed by atoms with van der Waals surface area (Å²) in [6.45, 7) is 1.84. The second kappa shape index (κ2) is 8.21. The quantitative estimate of drug-likeness (QED) is 0.493. The van der Waals surface area contributed by atoms with Crippen LogP contribution in [0.2, 0.25) is 0 Å². The SMILES string of the molecule is CCOC(=O)c1nn(-c2ccccc2)c(=O)c2c(NC(=O)c3cnccn3)scc12. The summed E-state index contributed by atoms with van der Waals surface area (Å²) < 4.78 is 6.23. The lowest BCUT2D eigenvalue weighted by atomic mass is 10.2. The van der Waals surface area contributed by atoms with E-state index in [4.69, 9.17) is 4.74 Å². The molecule has 0 unspecified atom stereocenters. The lowest BCUT2D eigenvalue weighted by Crippen LogP contribution is -2.25. The Morgan fingerprint density at radius 1 is 1.20 bits per heavy atom. The Hall–Kier alpha value is -3.92. The van der Waals surface area contributed by atoms with Gasteiger partial charge in [-0.05, 0) is 19.1 Å². The second-order valence-corrected chi connectivity index (χ2v) is 6.90. The van der Waals surface area contributed by atoms with Crippen LogP contribution in [0.1, 0.15) is 27.9 Å². The van der Waals surface area contributed by atoms with Gasteiger partial charge in [-0.3, -0.25) is 14.6 Å². The van der Waals surface area contributed by atoms with Gasteiger partial charge in [0.05, 0.1) is 23.9 Å². The van der Waals surface area contributed by atoms with E-state index in [0.717, 1.165) is 16.0 Å². The molecule has 30 heavy (non-hydrogen) atoms. The first-order valence-electron chi connectivity index (χ1n) is 8.94. The van der Waals surface area contributed by atoms with Gasteiger partial charge in [-0.1, -0.05) is 18.2 Å². The zero-order valence-electron chi connectivity index (χ0n) is 15.7. The summed E-state index contributed by atoms with van der Waals surface area (Å²) in [5, 5.41) is 9.28. The minimum Gasteiger partial charge on any atom is -0.461 e. The van der Waals surface area contributed by atoms with Crippen molar-refractivity contribution < 1.29 is 14.3 Å². The average Bonchev–Trinajstić information content (AvgIpc) is 3.19. The van der Waals surface area contributed by atoms with Crippen molar-refractivity contribution >= 4 is 39.0 Å². The molecule has 1 aromatic carbocycles. The number of aromatic nitrogens is 4. The molecule has 0 aliphatic heterocycles. The molecule has 0 fully saturated rings. The third kappa shape index (κ3) is 3.55. The molecular formula is C20H15N5O4S. The highest BCUT2D eigenvalue weighted by atomic mass is 32.1. The Labute approximate surface area is 174 Å². The van der Waals surface area contributed by atoms with E-state index in [9.17, 15) is 14.4 Å². The summed E-state index contributed by atoms with van der Waals surface area (Å²) in [7, 11) is 0. The average molecular weight is 421 g/mol. The third-order valence-electron chi connectivity index (χ3n) is 4.14. The second-order valence-electron chi connectivity index (χ2n) is 6.02. The Kier molecular flexibility index (Phi) is 5.31. The number of hydrogen-bond donors (Lipinski definition) is 1. The Morgan fingerprint density at radius 3 is 2.70 bits per heavy atom. The van der Waals surface area contributed by atoms with Crippen molar-refractivity contribution in [3.05, 3.63) is 76.0 Å². The number of amides is 1. The number of nitrogens with one attached hydrogen (secondary N) is 1. The van der Waals surface area contributed by atoms with Gasteiger partial charge < -0.3 is 10.1 Å². The molecule has 4 rings (SSSR count). The molecule has 0 radical (unpaired) electrons. The van der Waals surface area contributed by atoms with Crippen LogP contribution in [-0.4, -0.2) is 38.2 Å². The normalized spacial score (nSPS) is 10.7. The molecule has 1 N–H and O–H groups in total. The third-order valence-corrected chi connectivity index (χ3v) is 5.04. The van der Waals surface area contributed by atoms with Crippen LogP contribution < -0.4 is 10.9 Å². The molecule has 9 nitrogen and oxygen atoms in total. The van der Waals surface area contributed by atoms with Crippen LogP contribution in [0.4, 0.5) is 5.00 Å². The van der Waals surface area contributed by atoms with Crippen molar-refractivity contribution in [3.8, 4) is 5.69 Å². The van der Waals surface area contributed by atoms with Crippen molar-refractivity contribution in [2.75, 3.05) is 11.9 Å². The van der Waals surface area contributed by atoms with Crippen molar-refractivity contribution in [2.24, 2.45) is 0 Å². The molecule has 10 heteroatoms. The molecule has 0 aliphatic carbocycles. The van der Waals surface area contributed by atoms with Crippen LogP contribution in [0.15, 0.2) is 59.1 Å². The van der Waals surface area contributed by atoms with Gasteiger partial charge in [-0.2, -0.15) is 9.78 Å². The maximum Gasteiger partial charge on any atom is 0.359 e. The smallest absolute Gasteiger partial charge is 0.359 e. The standard InChI is InChI=1S/C20H15N5O4S/c1-2-29-20(28)16-13-11-30-18(23-17(26)14-10-21-8-9-22-14)15(13)19(27)25(24-16)12-6-4-3-5-7-12/h3-11H,2H2,1H3,(H,23,26). The fourth-order valence-corrected chi connectivity index (χ4v) is 3.75. The molecule has 1 amide bonds. The van der Waals surface area contributed by atoms with Crippen molar-refractivity contribution in [1.29, 1.82) is 0 Å². The van der Waals surface area contributed by atoms with Crippen LogP contribution in [0.3, 0.4) is 0 Å². The lowest BCUT2D eigenvalue weighted by Gasteiger charge is -2.09. The highest BCUT2D eigenvalue weighted by Gasteiger charge is 2.23. The largest absolute Gasteiger partial charge is 0.461 e. The first-order chi connectivity index (χ1) is 14.6. The van der Waals surface area contributed by atoms with Crippen LogP contribution in [0.25, 0.3) is 16.5 Å². The van der Waals surface area contributed by atoms with Gasteiger partial charge in [-0.25, -0.2) is 9.78 Å². The van der Waals surface area contributed by atoms with Crippen molar-refractivity contribution in [2.45, 2.75) is 6.92 Å². The molecule has 4 aromatic rings. The number of ether oxygens (including phenoxy) is 1. The lowest BCUT2D eigenvalue weighted by molar-refractivity contribution is 0.0520. The van der Waals surface area contributed by atoms with E-state index >= 15 is 0 Å². The predicted octanol–water partition coefficient (Wildman–Crippen LogP) is 2.67. The minimum atomic E-state index is -0.656. The maximum atomic E-state index is 13.2. The van der Waals surface area contributed by atoms with E-state index in [-0.39, 0.29) is 28.4 Å². The molecule has 0 aliphatic rings. The van der Waals surface area contributed by atoms with E-state index < -0.39 is 17.4 Å². The summed E-state index contributed by atoms with van der Waals surface area (Å²) in [5.74, 6) is -1.18. The molecule has 0 atom stereocenters. The highest BCUT2D eigenvalue weighted by Crippen LogP contribution is 2.31. The highest BCUT2D eigenvalue weighted by molar-refractivity contribution is 7.16. The van der Waals surface area contributed by atoms with Crippen LogP contribution >= 0.6 is 11.3 Å². The van der Waals surface area contributed by atoms with Gasteiger partial charge in [0.2, 0.25) is 0 Å². The summed E-state index contributed by atoms with van der Waals surface area (Å²) >= 11 is 1.11. The summed E-state index contributed by atoms with van der Waals surface area (Å²) in [6, 6.07) is 8.69. The van der Waals surface area contributed by atoms with Gasteiger partial charge in [0.15, 0.2) is 5.69 Å². The minimum absolute atomic E-state index is 0.00782. The van der Waals surface area contributed by atoms with Gasteiger partial charge in [0.25, 0.3) is 11.5 Å². The summed E-state index contributed by atoms with van der Waals surface area (Å²) in [5.41, 5.74) is 0.0981. The maximum absolute atomic E-state index is 13.2. The number of hydrogen-bond acceptors (Lipinski definition) is 8. The number of carbonyl (C=O) groups excluding carboxylic acids is 2. The molecular weight excluding hydrogens is 406 g/mol. The van der Waals surface area contributed by atoms with E-state index in [1.54, 1.807) is 42.6 Å². The molecule has 0 bridgehead atoms. The van der Waals surface area contributed by atoms with Crippen LogP contribution in [0.5, 0.6) is 0 Å². The van der Waals surface area contributed by atoms with Gasteiger partial charge in [-0.15, -0.1) is 11.3 Å². The van der Waals surface area contributed by atoms with Gasteiger partial charge in [0, 0.05) is 23.2 Å². The van der Waals surface area contributed by atoms with Crippen molar-refractivity contribution in [3.63, 3.8) is 0 Å². The molecule has 3 aromatic heterocycles. The Balaban J connectivity index is 1.89. The number of thiophene rings is 1. The first kappa shape index (κ1) is 19.4. The molecule has 150 valence electrons. The Bertz CT molecular complexity index is 1290. The molecule has 0 saturated heterocycles. The number of rotatable bonds is 5. The van der Waals surface area contributed by atoms with E-state index in [1.165, 1.54) is 18.6 Å². The number of nitrogens with zero attached hydrogens (tertiary/aromatic N) is 4. The molecule has 0 spiro atoms. The van der Waals surface area contributed by atoms with E-state index in [0.29, 0.717) is 11.1 Å². The fraction of sp³-hybridized carbons (Fsp3) is 0.100. The van der Waals surface area contributed by atoms with Gasteiger partial charge in [0.1, 0.15) is 10.7 Å². The predicted molar refractivity (Wildman–Crippen MR) is 111 cm³/mol. The summed E-state index contributed by atoms with van der Waals surface area (Å²) in [6.07, 6.45) is 4.17. The first-order valence-corrected chi connectivity index (χ1v) is 9.82. The van der Waals surface area contributed by atoms with Crippen LogP contribution in [-0.2, 0) is 4.74 Å². The number of carbonyl (C=O) groups is 2. The fourth-order valence-electron chi connectivity index (χ4n) is 2.82. The zero-order chi connectivity index (χ0) is 21.1. The number of esters is 1. The zero-order valence-corrected chi connectivity index (χ0v) is 16.5. The van der Waals surface area contributed by atoms with Crippen molar-refractivity contribution in [1.82, 2.24) is 19.7 Å².